The molecule has 0 aliphatic heterocycles. The van der Waals surface area contributed by atoms with Crippen LogP contribution in [0.1, 0.15) is 0 Å². The summed E-state index contributed by atoms with van der Waals surface area (Å²) in [4.78, 5) is -0.0889. The van der Waals surface area contributed by atoms with Gasteiger partial charge in [-0.25, -0.2) is 4.39 Å². The third-order valence-electron chi connectivity index (χ3n) is 3.77. The van der Waals surface area contributed by atoms with Crippen LogP contribution in [-0.2, 0) is 10.0 Å². The molecular weight excluding hydrogens is 361 g/mol. The molecule has 0 saturated carbocycles. The topological polar surface area (TPSA) is 96.4 Å². The Kier molecular flexibility index (Phi) is 4.56. The summed E-state index contributed by atoms with van der Waals surface area (Å²) in [6.45, 7) is 0. The molecule has 0 fully saturated rings. The number of nitrogens with zero attached hydrogens (tertiary/aromatic N) is 2. The van der Waals surface area contributed by atoms with Crippen molar-refractivity contribution < 1.29 is 22.3 Å². The van der Waals surface area contributed by atoms with Gasteiger partial charge in [0.1, 0.15) is 22.2 Å². The molecule has 3 rings (SSSR count). The Labute approximate surface area is 149 Å². The predicted octanol–water partition coefficient (Wildman–Crippen LogP) is 2.53. The van der Waals surface area contributed by atoms with E-state index in [4.69, 9.17) is 15.2 Å². The zero-order valence-electron chi connectivity index (χ0n) is 14.0. The standard InChI is InChI=1S/C17H16FN3O4S/c1-24-13-7-8-16(15(9-13)25-2)26(22,23)21-10-14(17(19)20-21)11-3-5-12(18)6-4-11/h3-10H,1-2H3,(H2,19,20). The van der Waals surface area contributed by atoms with Crippen molar-refractivity contribution in [1.29, 1.82) is 0 Å². The molecule has 0 unspecified atom stereocenters. The quantitative estimate of drug-likeness (QED) is 0.734. The van der Waals surface area contributed by atoms with E-state index in [0.29, 0.717) is 16.9 Å². The number of hydrogen-bond donors (Lipinski definition) is 1. The molecule has 0 saturated heterocycles. The van der Waals surface area contributed by atoms with Crippen LogP contribution in [0.15, 0.2) is 53.6 Å². The van der Waals surface area contributed by atoms with E-state index >= 15 is 0 Å². The Hall–Kier alpha value is -3.07. The van der Waals surface area contributed by atoms with Crippen LogP contribution in [0.2, 0.25) is 0 Å². The number of hydrogen-bond acceptors (Lipinski definition) is 6. The maximum atomic E-state index is 13.1. The number of ether oxygens (including phenoxy) is 2. The first-order valence-electron chi connectivity index (χ1n) is 7.45. The largest absolute Gasteiger partial charge is 0.497 e. The second kappa shape index (κ2) is 6.68. The van der Waals surface area contributed by atoms with E-state index < -0.39 is 15.8 Å². The molecular formula is C17H16FN3O4S. The van der Waals surface area contributed by atoms with Crippen molar-refractivity contribution in [2.45, 2.75) is 4.90 Å². The normalized spacial score (nSPS) is 11.3. The molecule has 0 radical (unpaired) electrons. The van der Waals surface area contributed by atoms with Gasteiger partial charge in [0, 0.05) is 11.6 Å². The third kappa shape index (κ3) is 3.08. The number of nitrogen functional groups attached to an aromatic ring is 1. The summed E-state index contributed by atoms with van der Waals surface area (Å²) in [5.74, 6) is 0.164. The molecule has 0 aliphatic rings. The van der Waals surface area contributed by atoms with Crippen molar-refractivity contribution in [3.8, 4) is 22.6 Å². The molecule has 3 aromatic rings. The number of rotatable bonds is 5. The Morgan fingerprint density at radius 2 is 1.77 bits per heavy atom. The van der Waals surface area contributed by atoms with E-state index in [-0.39, 0.29) is 16.5 Å². The minimum absolute atomic E-state index is 0.00709. The molecule has 136 valence electrons. The summed E-state index contributed by atoms with van der Waals surface area (Å²) < 4.78 is 49.9. The van der Waals surface area contributed by atoms with Gasteiger partial charge in [0.2, 0.25) is 0 Å². The molecule has 0 amide bonds. The van der Waals surface area contributed by atoms with Gasteiger partial charge in [0.05, 0.1) is 20.4 Å². The van der Waals surface area contributed by atoms with E-state index in [2.05, 4.69) is 5.10 Å². The SMILES string of the molecule is COc1ccc(S(=O)(=O)n2cc(-c3ccc(F)cc3)c(N)n2)c(OC)c1. The highest BCUT2D eigenvalue weighted by atomic mass is 32.2. The van der Waals surface area contributed by atoms with Gasteiger partial charge < -0.3 is 15.2 Å². The van der Waals surface area contributed by atoms with Crippen molar-refractivity contribution in [3.63, 3.8) is 0 Å². The lowest BCUT2D eigenvalue weighted by atomic mass is 10.1. The van der Waals surface area contributed by atoms with Crippen LogP contribution in [0.3, 0.4) is 0 Å². The Balaban J connectivity index is 2.09. The molecule has 2 aromatic carbocycles. The number of aromatic nitrogens is 2. The molecule has 2 N–H and O–H groups in total. The molecule has 0 bridgehead atoms. The Bertz CT molecular complexity index is 1050. The van der Waals surface area contributed by atoms with E-state index in [1.165, 1.54) is 62.9 Å². The van der Waals surface area contributed by atoms with Crippen LogP contribution in [-0.4, -0.2) is 31.8 Å². The van der Waals surface area contributed by atoms with Gasteiger partial charge in [0.25, 0.3) is 10.0 Å². The van der Waals surface area contributed by atoms with Gasteiger partial charge in [-0.1, -0.05) is 12.1 Å². The fraction of sp³-hybridized carbons (Fsp3) is 0.118. The maximum Gasteiger partial charge on any atom is 0.286 e. The maximum absolute atomic E-state index is 13.1. The minimum atomic E-state index is -4.05. The highest BCUT2D eigenvalue weighted by Gasteiger charge is 2.25. The summed E-state index contributed by atoms with van der Waals surface area (Å²) in [7, 11) is -1.23. The number of halogens is 1. The fourth-order valence-corrected chi connectivity index (χ4v) is 3.71. The first kappa shape index (κ1) is 17.7. The monoisotopic (exact) mass is 377 g/mol. The smallest absolute Gasteiger partial charge is 0.286 e. The molecule has 26 heavy (non-hydrogen) atoms. The molecule has 0 atom stereocenters. The zero-order valence-corrected chi connectivity index (χ0v) is 14.8. The summed E-state index contributed by atoms with van der Waals surface area (Å²) in [6, 6.07) is 9.83. The molecule has 0 spiro atoms. The van der Waals surface area contributed by atoms with E-state index in [1.807, 2.05) is 0 Å². The molecule has 9 heteroatoms. The van der Waals surface area contributed by atoms with Crippen molar-refractivity contribution >= 4 is 15.8 Å². The Morgan fingerprint density at radius 3 is 2.38 bits per heavy atom. The van der Waals surface area contributed by atoms with Crippen LogP contribution in [0.5, 0.6) is 11.5 Å². The zero-order chi connectivity index (χ0) is 18.9. The van der Waals surface area contributed by atoms with Crippen molar-refractivity contribution in [2.24, 2.45) is 0 Å². The van der Waals surface area contributed by atoms with E-state index in [0.717, 1.165) is 4.09 Å². The molecule has 1 aromatic heterocycles. The lowest BCUT2D eigenvalue weighted by molar-refractivity contribution is 0.386. The summed E-state index contributed by atoms with van der Waals surface area (Å²) in [5, 5.41) is 3.90. The van der Waals surface area contributed by atoms with Crippen LogP contribution < -0.4 is 15.2 Å². The number of anilines is 1. The average molecular weight is 377 g/mol. The fourth-order valence-electron chi connectivity index (χ4n) is 2.43. The second-order valence-corrected chi connectivity index (χ2v) is 7.09. The molecule has 0 aliphatic carbocycles. The summed E-state index contributed by atoms with van der Waals surface area (Å²) in [6.07, 6.45) is 1.28. The number of methoxy groups -OCH3 is 2. The van der Waals surface area contributed by atoms with E-state index in [1.54, 1.807) is 0 Å². The highest BCUT2D eigenvalue weighted by Crippen LogP contribution is 2.32. The van der Waals surface area contributed by atoms with Crippen molar-refractivity contribution in [1.82, 2.24) is 9.19 Å². The predicted molar refractivity (Wildman–Crippen MR) is 94.2 cm³/mol. The van der Waals surface area contributed by atoms with Crippen LogP contribution in [0.4, 0.5) is 10.2 Å². The van der Waals surface area contributed by atoms with Crippen molar-refractivity contribution in [3.05, 3.63) is 54.5 Å². The minimum Gasteiger partial charge on any atom is -0.497 e. The van der Waals surface area contributed by atoms with Gasteiger partial charge in [0.15, 0.2) is 5.82 Å². The van der Waals surface area contributed by atoms with Gasteiger partial charge in [-0.3, -0.25) is 0 Å². The van der Waals surface area contributed by atoms with Crippen molar-refractivity contribution in [2.75, 3.05) is 20.0 Å². The third-order valence-corrected chi connectivity index (χ3v) is 5.34. The van der Waals surface area contributed by atoms with Gasteiger partial charge >= 0.3 is 0 Å². The van der Waals surface area contributed by atoms with E-state index in [9.17, 15) is 12.8 Å². The first-order chi connectivity index (χ1) is 12.4. The average Bonchev–Trinajstić information content (AvgIpc) is 3.04. The second-order valence-electron chi connectivity index (χ2n) is 5.33. The van der Waals surface area contributed by atoms with Crippen LogP contribution in [0.25, 0.3) is 11.1 Å². The summed E-state index contributed by atoms with van der Waals surface area (Å²) >= 11 is 0. The Morgan fingerprint density at radius 1 is 1.08 bits per heavy atom. The van der Waals surface area contributed by atoms with Crippen LogP contribution in [0, 0.1) is 5.82 Å². The summed E-state index contributed by atoms with van der Waals surface area (Å²) in [5.41, 5.74) is 6.79. The lowest BCUT2D eigenvalue weighted by Crippen LogP contribution is -2.15. The first-order valence-corrected chi connectivity index (χ1v) is 8.89. The highest BCUT2D eigenvalue weighted by molar-refractivity contribution is 7.90. The van der Waals surface area contributed by atoms with Crippen LogP contribution >= 0.6 is 0 Å². The van der Waals surface area contributed by atoms with Gasteiger partial charge in [-0.2, -0.15) is 12.5 Å². The van der Waals surface area contributed by atoms with Gasteiger partial charge in [-0.05, 0) is 29.8 Å². The van der Waals surface area contributed by atoms with Gasteiger partial charge in [-0.15, -0.1) is 5.10 Å². The number of nitrogens with two attached hydrogens (primary N) is 1. The molecule has 1 heterocycles. The molecule has 7 nitrogen and oxygen atoms in total. The number of benzene rings is 2. The lowest BCUT2D eigenvalue weighted by Gasteiger charge is -2.10.